The first-order chi connectivity index (χ1) is 9.40. The molecule has 0 atom stereocenters. The zero-order valence-corrected chi connectivity index (χ0v) is 14.2. The Morgan fingerprint density at radius 3 is 2.70 bits per heavy atom. The Balaban J connectivity index is 2.34. The summed E-state index contributed by atoms with van der Waals surface area (Å²) in [7, 11) is 0. The van der Waals surface area contributed by atoms with Crippen LogP contribution < -0.4 is 5.32 Å². The zero-order valence-electron chi connectivity index (χ0n) is 9.49. The first-order valence-corrected chi connectivity index (χ1v) is 7.80. The monoisotopic (exact) mass is 415 g/mol. The fourth-order valence-electron chi connectivity index (χ4n) is 1.44. The third-order valence-electron chi connectivity index (χ3n) is 2.30. The van der Waals surface area contributed by atoms with Gasteiger partial charge in [0.2, 0.25) is 0 Å². The topological polar surface area (TPSA) is 68.1 Å². The summed E-state index contributed by atoms with van der Waals surface area (Å²) in [4.78, 5) is 15.3. The molecule has 2 rings (SSSR count). The van der Waals surface area contributed by atoms with Crippen LogP contribution in [0.2, 0.25) is 14.5 Å². The van der Waals surface area contributed by atoms with E-state index in [9.17, 15) is 10.1 Å². The van der Waals surface area contributed by atoms with E-state index in [0.717, 1.165) is 4.88 Å². The number of benzene rings is 1. The lowest BCUT2D eigenvalue weighted by Gasteiger charge is -2.10. The van der Waals surface area contributed by atoms with Crippen molar-refractivity contribution >= 4 is 73.4 Å². The number of anilines is 1. The predicted molar refractivity (Wildman–Crippen MR) is 85.3 cm³/mol. The van der Waals surface area contributed by atoms with E-state index in [2.05, 4.69) is 26.2 Å². The molecular formula is C10H5BrCl3N3O2S. The number of hydrogen-bond donors (Lipinski definition) is 1. The van der Waals surface area contributed by atoms with Gasteiger partial charge in [-0.2, -0.15) is 0 Å². The molecule has 0 saturated carbocycles. The van der Waals surface area contributed by atoms with Gasteiger partial charge in [0, 0.05) is 17.1 Å². The standard InChI is InChI=1S/C10H5BrCl3N3O2S/c11-7-8(13)5(12)1-6(17(18)19)9(7)15-2-4-3-16-10(14)20-4/h1,3,15H,2H2. The van der Waals surface area contributed by atoms with Gasteiger partial charge < -0.3 is 5.32 Å². The number of halogens is 4. The van der Waals surface area contributed by atoms with Gasteiger partial charge >= 0.3 is 0 Å². The van der Waals surface area contributed by atoms with Crippen molar-refractivity contribution in [3.63, 3.8) is 0 Å². The van der Waals surface area contributed by atoms with Gasteiger partial charge in [-0.25, -0.2) is 4.98 Å². The Morgan fingerprint density at radius 2 is 2.15 bits per heavy atom. The first-order valence-electron chi connectivity index (χ1n) is 5.06. The van der Waals surface area contributed by atoms with Gasteiger partial charge in [-0.3, -0.25) is 10.1 Å². The minimum Gasteiger partial charge on any atom is -0.374 e. The SMILES string of the molecule is O=[N+]([O-])c1cc(Cl)c(Cl)c(Br)c1NCc1cnc(Cl)s1. The van der Waals surface area contributed by atoms with Gasteiger partial charge in [0.1, 0.15) is 5.69 Å². The summed E-state index contributed by atoms with van der Waals surface area (Å²) in [6.07, 6.45) is 1.59. The quantitative estimate of drug-likeness (QED) is 0.412. The second-order valence-electron chi connectivity index (χ2n) is 3.57. The number of aromatic nitrogens is 1. The van der Waals surface area contributed by atoms with Gasteiger partial charge in [0.05, 0.1) is 26.0 Å². The molecule has 1 heterocycles. The van der Waals surface area contributed by atoms with Gasteiger partial charge in [0.25, 0.3) is 5.69 Å². The summed E-state index contributed by atoms with van der Waals surface area (Å²) in [5, 5.41) is 14.3. The molecule has 0 aliphatic heterocycles. The lowest BCUT2D eigenvalue weighted by molar-refractivity contribution is -0.384. The van der Waals surface area contributed by atoms with E-state index < -0.39 is 4.92 Å². The Bertz CT molecular complexity index is 680. The molecule has 10 heteroatoms. The fraction of sp³-hybridized carbons (Fsp3) is 0.100. The van der Waals surface area contributed by atoms with Crippen LogP contribution in [-0.2, 0) is 6.54 Å². The molecule has 0 fully saturated rings. The molecule has 0 bridgehead atoms. The number of hydrogen-bond acceptors (Lipinski definition) is 5. The summed E-state index contributed by atoms with van der Waals surface area (Å²) < 4.78 is 0.749. The summed E-state index contributed by atoms with van der Waals surface area (Å²) >= 11 is 22.0. The third-order valence-corrected chi connectivity index (χ3v) is 5.23. The van der Waals surface area contributed by atoms with E-state index in [1.54, 1.807) is 6.20 Å². The lowest BCUT2D eigenvalue weighted by Crippen LogP contribution is -2.03. The van der Waals surface area contributed by atoms with Crippen molar-refractivity contribution in [2.45, 2.75) is 6.54 Å². The van der Waals surface area contributed by atoms with Crippen LogP contribution >= 0.6 is 62.1 Å². The van der Waals surface area contributed by atoms with Gasteiger partial charge in [-0.05, 0) is 15.9 Å². The second kappa shape index (κ2) is 6.44. The van der Waals surface area contributed by atoms with Crippen LogP contribution in [0.25, 0.3) is 0 Å². The molecule has 1 N–H and O–H groups in total. The summed E-state index contributed by atoms with van der Waals surface area (Å²) in [5.74, 6) is 0. The molecule has 0 radical (unpaired) electrons. The largest absolute Gasteiger partial charge is 0.374 e. The maximum Gasteiger partial charge on any atom is 0.295 e. The smallest absolute Gasteiger partial charge is 0.295 e. The van der Waals surface area contributed by atoms with E-state index in [4.69, 9.17) is 34.8 Å². The Morgan fingerprint density at radius 1 is 1.45 bits per heavy atom. The van der Waals surface area contributed by atoms with Crippen LogP contribution in [0.4, 0.5) is 11.4 Å². The molecule has 5 nitrogen and oxygen atoms in total. The van der Waals surface area contributed by atoms with E-state index in [1.165, 1.54) is 17.4 Å². The van der Waals surface area contributed by atoms with Gasteiger partial charge in [-0.15, -0.1) is 11.3 Å². The number of nitrogens with one attached hydrogen (secondary N) is 1. The van der Waals surface area contributed by atoms with Gasteiger partial charge in [0.15, 0.2) is 4.47 Å². The van der Waals surface area contributed by atoms with Gasteiger partial charge in [-0.1, -0.05) is 34.8 Å². The fourth-order valence-corrected chi connectivity index (χ4v) is 3.37. The summed E-state index contributed by atoms with van der Waals surface area (Å²) in [5.41, 5.74) is 0.0933. The number of thiazole rings is 1. The molecule has 1 aromatic heterocycles. The number of nitro benzene ring substituents is 1. The van der Waals surface area contributed by atoms with Crippen molar-refractivity contribution in [1.82, 2.24) is 4.98 Å². The van der Waals surface area contributed by atoms with Crippen molar-refractivity contribution in [3.8, 4) is 0 Å². The first kappa shape index (κ1) is 15.8. The molecule has 0 unspecified atom stereocenters. The van der Waals surface area contributed by atoms with Crippen LogP contribution in [0.5, 0.6) is 0 Å². The van der Waals surface area contributed by atoms with Crippen molar-refractivity contribution in [2.24, 2.45) is 0 Å². The third kappa shape index (κ3) is 3.35. The molecule has 0 aliphatic carbocycles. The highest BCUT2D eigenvalue weighted by molar-refractivity contribution is 9.10. The lowest BCUT2D eigenvalue weighted by atomic mass is 10.2. The average Bonchev–Trinajstić information content (AvgIpc) is 2.80. The highest BCUT2D eigenvalue weighted by Gasteiger charge is 2.22. The van der Waals surface area contributed by atoms with Crippen LogP contribution in [0, 0.1) is 10.1 Å². The average molecular weight is 417 g/mol. The van der Waals surface area contributed by atoms with E-state index in [-0.39, 0.29) is 21.4 Å². The molecule has 0 amide bonds. The Kier molecular flexibility index (Phi) is 5.09. The predicted octanol–water partition coefficient (Wildman–Crippen LogP) is 5.39. The molecule has 2 aromatic rings. The molecule has 0 spiro atoms. The molecule has 20 heavy (non-hydrogen) atoms. The molecule has 0 saturated heterocycles. The maximum atomic E-state index is 11.1. The minimum atomic E-state index is -0.533. The van der Waals surface area contributed by atoms with Crippen molar-refractivity contribution in [1.29, 1.82) is 0 Å². The van der Waals surface area contributed by atoms with E-state index >= 15 is 0 Å². The highest BCUT2D eigenvalue weighted by atomic mass is 79.9. The van der Waals surface area contributed by atoms with Crippen LogP contribution in [-0.4, -0.2) is 9.91 Å². The van der Waals surface area contributed by atoms with E-state index in [1.807, 2.05) is 0 Å². The molecule has 106 valence electrons. The molecule has 1 aromatic carbocycles. The molecular weight excluding hydrogens is 412 g/mol. The van der Waals surface area contributed by atoms with Crippen LogP contribution in [0.3, 0.4) is 0 Å². The number of rotatable bonds is 4. The summed E-state index contributed by atoms with van der Waals surface area (Å²) in [6, 6.07) is 1.20. The highest BCUT2D eigenvalue weighted by Crippen LogP contribution is 2.42. The second-order valence-corrected chi connectivity index (χ2v) is 6.85. The van der Waals surface area contributed by atoms with Crippen LogP contribution in [0.15, 0.2) is 16.7 Å². The minimum absolute atomic E-state index is 0.108. The number of nitrogens with zero attached hydrogens (tertiary/aromatic N) is 2. The molecule has 0 aliphatic rings. The van der Waals surface area contributed by atoms with E-state index in [0.29, 0.717) is 15.5 Å². The Hall–Kier alpha value is -0.600. The summed E-state index contributed by atoms with van der Waals surface area (Å²) in [6.45, 7) is 0.335. The Labute approximate surface area is 141 Å². The van der Waals surface area contributed by atoms with Crippen LogP contribution in [0.1, 0.15) is 4.88 Å². The van der Waals surface area contributed by atoms with Crippen molar-refractivity contribution < 1.29 is 4.92 Å². The maximum absolute atomic E-state index is 11.1. The number of nitro groups is 1. The normalized spacial score (nSPS) is 10.6. The van der Waals surface area contributed by atoms with Crippen molar-refractivity contribution in [3.05, 3.63) is 46.2 Å². The zero-order chi connectivity index (χ0) is 14.9. The van der Waals surface area contributed by atoms with Crippen molar-refractivity contribution in [2.75, 3.05) is 5.32 Å².